The van der Waals surface area contributed by atoms with E-state index in [-0.39, 0.29) is 18.2 Å². The second-order valence-electron chi connectivity index (χ2n) is 9.13. The molecule has 8 heteroatoms. The third-order valence-electron chi connectivity index (χ3n) is 7.07. The van der Waals surface area contributed by atoms with Gasteiger partial charge in [0.1, 0.15) is 5.82 Å². The zero-order valence-electron chi connectivity index (χ0n) is 19.1. The first-order valence-corrected chi connectivity index (χ1v) is 11.5. The fourth-order valence-electron chi connectivity index (χ4n) is 4.96. The van der Waals surface area contributed by atoms with Crippen LogP contribution in [0.2, 0.25) is 0 Å². The number of carboxylic acids is 1. The molecule has 0 aliphatic heterocycles. The molecule has 1 N–H and O–H groups in total. The third-order valence-corrected chi connectivity index (χ3v) is 7.07. The van der Waals surface area contributed by atoms with Crippen molar-refractivity contribution in [3.8, 4) is 11.8 Å². The molecular weight excluding hydrogens is 427 g/mol. The van der Waals surface area contributed by atoms with Crippen LogP contribution >= 0.6 is 0 Å². The van der Waals surface area contributed by atoms with Crippen molar-refractivity contribution in [2.45, 2.75) is 56.5 Å². The second-order valence-corrected chi connectivity index (χ2v) is 9.13. The van der Waals surface area contributed by atoms with Crippen molar-refractivity contribution in [3.63, 3.8) is 0 Å². The van der Waals surface area contributed by atoms with Crippen LogP contribution in [0.5, 0.6) is 11.8 Å². The summed E-state index contributed by atoms with van der Waals surface area (Å²) < 4.78 is 31.6. The maximum atomic E-state index is 14.6. The maximum absolute atomic E-state index is 14.6. The average Bonchev–Trinajstić information content (AvgIpc) is 3.67. The van der Waals surface area contributed by atoms with Gasteiger partial charge >= 0.3 is 5.97 Å². The van der Waals surface area contributed by atoms with Crippen LogP contribution in [-0.4, -0.2) is 41.9 Å². The van der Waals surface area contributed by atoms with Gasteiger partial charge in [0, 0.05) is 31.0 Å². The Bertz CT molecular complexity index is 973. The first-order chi connectivity index (χ1) is 15.9. The normalized spacial score (nSPS) is 23.7. The molecule has 2 saturated carbocycles. The van der Waals surface area contributed by atoms with Gasteiger partial charge in [0.05, 0.1) is 31.9 Å². The van der Waals surface area contributed by atoms with E-state index in [2.05, 4.69) is 9.97 Å². The van der Waals surface area contributed by atoms with Crippen LogP contribution in [0.4, 0.5) is 4.39 Å². The summed E-state index contributed by atoms with van der Waals surface area (Å²) in [5, 5.41) is 9.27. The molecule has 0 spiro atoms. The number of halogens is 1. The van der Waals surface area contributed by atoms with Crippen LogP contribution in [0, 0.1) is 17.7 Å². The predicted molar refractivity (Wildman–Crippen MR) is 119 cm³/mol. The first kappa shape index (κ1) is 23.4. The number of carbonyl (C=O) groups is 1. The van der Waals surface area contributed by atoms with E-state index in [1.165, 1.54) is 13.3 Å². The van der Waals surface area contributed by atoms with Crippen LogP contribution in [0.3, 0.4) is 0 Å². The molecule has 2 fully saturated rings. The SMILES string of the molecule is COc1cc([C@]2(OC)CC[C@@H](COc3cc([C@@H](CC(=O)O)C4CC4)ccn3)CC2)c(F)cn1. The molecule has 0 saturated heterocycles. The molecule has 2 aromatic rings. The van der Waals surface area contributed by atoms with Crippen molar-refractivity contribution in [1.29, 1.82) is 0 Å². The Balaban J connectivity index is 1.37. The van der Waals surface area contributed by atoms with Crippen LogP contribution in [0.15, 0.2) is 30.6 Å². The fourth-order valence-corrected chi connectivity index (χ4v) is 4.96. The number of hydrogen-bond acceptors (Lipinski definition) is 6. The van der Waals surface area contributed by atoms with Gasteiger partial charge in [-0.3, -0.25) is 4.79 Å². The van der Waals surface area contributed by atoms with Crippen molar-refractivity contribution in [3.05, 3.63) is 47.5 Å². The van der Waals surface area contributed by atoms with Gasteiger partial charge in [-0.1, -0.05) is 0 Å². The number of methoxy groups -OCH3 is 2. The van der Waals surface area contributed by atoms with Gasteiger partial charge in [0.15, 0.2) is 0 Å². The number of carboxylic acid groups (broad SMARTS) is 1. The average molecular weight is 459 g/mol. The van der Waals surface area contributed by atoms with Gasteiger partial charge in [-0.2, -0.15) is 0 Å². The van der Waals surface area contributed by atoms with E-state index in [4.69, 9.17) is 14.2 Å². The summed E-state index contributed by atoms with van der Waals surface area (Å²) >= 11 is 0. The smallest absolute Gasteiger partial charge is 0.303 e. The van der Waals surface area contributed by atoms with Crippen molar-refractivity contribution in [2.24, 2.45) is 11.8 Å². The molecule has 178 valence electrons. The number of pyridine rings is 2. The molecular formula is C25H31FN2O5. The Morgan fingerprint density at radius 2 is 1.94 bits per heavy atom. The van der Waals surface area contributed by atoms with Gasteiger partial charge in [-0.15, -0.1) is 0 Å². The number of aliphatic carboxylic acids is 1. The highest BCUT2D eigenvalue weighted by Gasteiger charge is 2.40. The van der Waals surface area contributed by atoms with E-state index >= 15 is 0 Å². The lowest BCUT2D eigenvalue weighted by molar-refractivity contribution is -0.137. The predicted octanol–water partition coefficient (Wildman–Crippen LogP) is 4.70. The van der Waals surface area contributed by atoms with Crippen molar-refractivity contribution < 1.29 is 28.5 Å². The van der Waals surface area contributed by atoms with Gasteiger partial charge in [0.25, 0.3) is 0 Å². The summed E-state index contributed by atoms with van der Waals surface area (Å²) in [6.07, 6.45) is 8.12. The van der Waals surface area contributed by atoms with Crippen molar-refractivity contribution in [1.82, 2.24) is 9.97 Å². The summed E-state index contributed by atoms with van der Waals surface area (Å²) in [4.78, 5) is 19.5. The number of nitrogens with zero attached hydrogens (tertiary/aromatic N) is 2. The molecule has 0 aromatic carbocycles. The molecule has 2 aliphatic carbocycles. The van der Waals surface area contributed by atoms with Crippen LogP contribution < -0.4 is 9.47 Å². The Kier molecular flexibility index (Phi) is 7.12. The Labute approximate surface area is 193 Å². The van der Waals surface area contributed by atoms with E-state index in [0.717, 1.165) is 31.2 Å². The lowest BCUT2D eigenvalue weighted by Crippen LogP contribution is -2.36. The summed E-state index contributed by atoms with van der Waals surface area (Å²) in [6.45, 7) is 0.505. The highest BCUT2D eigenvalue weighted by molar-refractivity contribution is 5.68. The number of hydrogen-bond donors (Lipinski definition) is 1. The van der Waals surface area contributed by atoms with E-state index in [1.807, 2.05) is 12.1 Å². The third kappa shape index (κ3) is 5.43. The highest BCUT2D eigenvalue weighted by atomic mass is 19.1. The summed E-state index contributed by atoms with van der Waals surface area (Å²) in [6, 6.07) is 5.40. The summed E-state index contributed by atoms with van der Waals surface area (Å²) in [5.74, 6) is 0.465. The van der Waals surface area contributed by atoms with E-state index in [1.54, 1.807) is 19.4 Å². The minimum Gasteiger partial charge on any atom is -0.481 e. The molecule has 0 radical (unpaired) electrons. The number of aromatic nitrogens is 2. The van der Waals surface area contributed by atoms with Gasteiger partial charge in [-0.05, 0) is 67.9 Å². The van der Waals surface area contributed by atoms with Gasteiger partial charge < -0.3 is 19.3 Å². The topological polar surface area (TPSA) is 90.8 Å². The zero-order valence-corrected chi connectivity index (χ0v) is 19.1. The van der Waals surface area contributed by atoms with E-state index in [9.17, 15) is 14.3 Å². The van der Waals surface area contributed by atoms with E-state index in [0.29, 0.717) is 48.6 Å². The molecule has 4 rings (SSSR count). The maximum Gasteiger partial charge on any atom is 0.303 e. The summed E-state index contributed by atoms with van der Waals surface area (Å²) in [5.41, 5.74) is 0.757. The molecule has 7 nitrogen and oxygen atoms in total. The molecule has 0 bridgehead atoms. The second kappa shape index (κ2) is 10.0. The monoisotopic (exact) mass is 458 g/mol. The quantitative estimate of drug-likeness (QED) is 0.552. The van der Waals surface area contributed by atoms with Gasteiger partial charge in [-0.25, -0.2) is 14.4 Å². The van der Waals surface area contributed by atoms with Crippen molar-refractivity contribution in [2.75, 3.05) is 20.8 Å². The van der Waals surface area contributed by atoms with Crippen LogP contribution in [0.25, 0.3) is 0 Å². The van der Waals surface area contributed by atoms with Crippen LogP contribution in [0.1, 0.15) is 62.0 Å². The number of rotatable bonds is 10. The highest BCUT2D eigenvalue weighted by Crippen LogP contribution is 2.45. The summed E-state index contributed by atoms with van der Waals surface area (Å²) in [7, 11) is 3.13. The molecule has 33 heavy (non-hydrogen) atoms. The van der Waals surface area contributed by atoms with Crippen molar-refractivity contribution >= 4 is 5.97 Å². The molecule has 2 heterocycles. The Morgan fingerprint density at radius 3 is 2.58 bits per heavy atom. The molecule has 2 aromatic heterocycles. The molecule has 0 amide bonds. The minimum atomic E-state index is -0.779. The minimum absolute atomic E-state index is 0.0112. The fraction of sp³-hybridized carbons (Fsp3) is 0.560. The number of ether oxygens (including phenoxy) is 3. The lowest BCUT2D eigenvalue weighted by Gasteiger charge is -2.39. The van der Waals surface area contributed by atoms with Crippen LogP contribution in [-0.2, 0) is 15.1 Å². The lowest BCUT2D eigenvalue weighted by atomic mass is 9.75. The Morgan fingerprint density at radius 1 is 1.18 bits per heavy atom. The Hall–Kier alpha value is -2.74. The largest absolute Gasteiger partial charge is 0.481 e. The molecule has 2 aliphatic rings. The molecule has 0 unspecified atom stereocenters. The molecule has 1 atom stereocenters. The zero-order chi connectivity index (χ0) is 23.4. The first-order valence-electron chi connectivity index (χ1n) is 11.5. The van der Waals surface area contributed by atoms with Gasteiger partial charge in [0.2, 0.25) is 11.8 Å². The van der Waals surface area contributed by atoms with E-state index < -0.39 is 11.6 Å². The standard InChI is InChI=1S/C25H31FN2O5/c1-31-22-13-20(21(26)14-28-22)25(32-2)8-5-16(6-9-25)15-33-23-11-18(7-10-27-23)19(12-24(29)30)17-3-4-17/h7,10-11,13-14,16-17,19H,3-6,8-9,12,15H2,1-2H3,(H,29,30)/t16-,19-,25+/m0/s1.